The molecule has 0 saturated heterocycles. The molecule has 0 aliphatic rings. The van der Waals surface area contributed by atoms with Crippen LogP contribution in [0.1, 0.15) is 5.56 Å². The second kappa shape index (κ2) is 4.13. The van der Waals surface area contributed by atoms with Crippen LogP contribution in [0.4, 0.5) is 0 Å². The van der Waals surface area contributed by atoms with E-state index in [-0.39, 0.29) is 0 Å². The first-order valence-corrected chi connectivity index (χ1v) is 4.86. The molecule has 0 aliphatic carbocycles. The zero-order valence-corrected chi connectivity index (χ0v) is 8.90. The van der Waals surface area contributed by atoms with E-state index in [9.17, 15) is 0 Å². The topological polar surface area (TPSA) is 22.1 Å². The predicted molar refractivity (Wildman–Crippen MR) is 61.0 cm³/mol. The number of para-hydroxylation sites is 1. The minimum atomic E-state index is 0.880. The summed E-state index contributed by atoms with van der Waals surface area (Å²) in [6.45, 7) is 2.03. The fourth-order valence-electron chi connectivity index (χ4n) is 1.59. The fraction of sp³-hybridized carbons (Fsp3) is 0.154. The van der Waals surface area contributed by atoms with Crippen LogP contribution in [0.2, 0.25) is 0 Å². The number of aryl methyl sites for hydroxylation is 1. The van der Waals surface area contributed by atoms with Gasteiger partial charge in [-0.05, 0) is 24.6 Å². The van der Waals surface area contributed by atoms with E-state index in [1.54, 1.807) is 7.11 Å². The van der Waals surface area contributed by atoms with Gasteiger partial charge in [0.2, 0.25) is 0 Å². The van der Waals surface area contributed by atoms with Gasteiger partial charge in [-0.3, -0.25) is 4.98 Å². The zero-order chi connectivity index (χ0) is 10.7. The van der Waals surface area contributed by atoms with Crippen molar-refractivity contribution in [3.8, 4) is 16.9 Å². The molecule has 0 aliphatic heterocycles. The quantitative estimate of drug-likeness (QED) is 0.741. The Morgan fingerprint density at radius 1 is 1.13 bits per heavy atom. The Hall–Kier alpha value is -1.83. The summed E-state index contributed by atoms with van der Waals surface area (Å²) in [5.41, 5.74) is 3.32. The summed E-state index contributed by atoms with van der Waals surface area (Å²) in [6.07, 6.45) is 3.70. The van der Waals surface area contributed by atoms with E-state index in [1.165, 1.54) is 0 Å². The van der Waals surface area contributed by atoms with Crippen LogP contribution in [0.5, 0.6) is 5.75 Å². The molecule has 0 atom stereocenters. The third-order valence-electron chi connectivity index (χ3n) is 2.29. The highest BCUT2D eigenvalue weighted by atomic mass is 16.5. The van der Waals surface area contributed by atoms with Crippen LogP contribution in [-0.4, -0.2) is 12.1 Å². The summed E-state index contributed by atoms with van der Waals surface area (Å²) in [6, 6.07) is 10.1. The molecule has 2 heteroatoms. The summed E-state index contributed by atoms with van der Waals surface area (Å²) < 4.78 is 5.31. The molecule has 0 bridgehead atoms. The Morgan fingerprint density at radius 2 is 1.93 bits per heavy atom. The standard InChI is InChI=1S/C13H13NO/c1-10-7-11(9-14-8-10)12-5-3-4-6-13(12)15-2/h3-9H,1-2H3. The molecular formula is C13H13NO. The van der Waals surface area contributed by atoms with E-state index in [2.05, 4.69) is 11.1 Å². The van der Waals surface area contributed by atoms with Crippen molar-refractivity contribution in [2.75, 3.05) is 7.11 Å². The smallest absolute Gasteiger partial charge is 0.126 e. The number of pyridine rings is 1. The van der Waals surface area contributed by atoms with E-state index in [1.807, 2.05) is 43.6 Å². The van der Waals surface area contributed by atoms with Crippen LogP contribution in [-0.2, 0) is 0 Å². The zero-order valence-electron chi connectivity index (χ0n) is 8.90. The normalized spacial score (nSPS) is 10.0. The Kier molecular flexibility index (Phi) is 2.68. The maximum Gasteiger partial charge on any atom is 0.126 e. The molecule has 1 aromatic heterocycles. The maximum absolute atomic E-state index is 5.31. The van der Waals surface area contributed by atoms with E-state index < -0.39 is 0 Å². The lowest BCUT2D eigenvalue weighted by Crippen LogP contribution is -1.88. The van der Waals surface area contributed by atoms with Crippen molar-refractivity contribution < 1.29 is 4.74 Å². The van der Waals surface area contributed by atoms with Crippen molar-refractivity contribution in [2.45, 2.75) is 6.92 Å². The third-order valence-corrected chi connectivity index (χ3v) is 2.29. The number of ether oxygens (including phenoxy) is 1. The molecule has 0 fully saturated rings. The van der Waals surface area contributed by atoms with E-state index in [0.717, 1.165) is 22.4 Å². The molecule has 2 rings (SSSR count). The molecule has 0 amide bonds. The van der Waals surface area contributed by atoms with Gasteiger partial charge in [0.15, 0.2) is 0 Å². The van der Waals surface area contributed by atoms with Gasteiger partial charge in [-0.25, -0.2) is 0 Å². The average molecular weight is 199 g/mol. The van der Waals surface area contributed by atoms with Crippen LogP contribution < -0.4 is 4.74 Å². The molecule has 1 aromatic carbocycles. The van der Waals surface area contributed by atoms with Gasteiger partial charge in [0.25, 0.3) is 0 Å². The Bertz CT molecular complexity index is 466. The number of rotatable bonds is 2. The number of benzene rings is 1. The molecule has 2 aromatic rings. The molecule has 76 valence electrons. The van der Waals surface area contributed by atoms with Gasteiger partial charge < -0.3 is 4.74 Å². The summed E-state index contributed by atoms with van der Waals surface area (Å²) in [4.78, 5) is 4.18. The Morgan fingerprint density at radius 3 is 2.67 bits per heavy atom. The minimum absolute atomic E-state index is 0.880. The highest BCUT2D eigenvalue weighted by molar-refractivity contribution is 5.69. The van der Waals surface area contributed by atoms with Crippen molar-refractivity contribution in [2.24, 2.45) is 0 Å². The maximum atomic E-state index is 5.31. The molecule has 0 unspecified atom stereocenters. The molecule has 1 heterocycles. The van der Waals surface area contributed by atoms with Gasteiger partial charge in [-0.2, -0.15) is 0 Å². The van der Waals surface area contributed by atoms with Crippen molar-refractivity contribution in [1.82, 2.24) is 4.98 Å². The first kappa shape index (κ1) is 9.71. The predicted octanol–water partition coefficient (Wildman–Crippen LogP) is 3.07. The van der Waals surface area contributed by atoms with Gasteiger partial charge in [-0.15, -0.1) is 0 Å². The van der Waals surface area contributed by atoms with Gasteiger partial charge in [-0.1, -0.05) is 18.2 Å². The van der Waals surface area contributed by atoms with Crippen molar-refractivity contribution in [3.63, 3.8) is 0 Å². The third kappa shape index (κ3) is 1.99. The van der Waals surface area contributed by atoms with Crippen molar-refractivity contribution in [1.29, 1.82) is 0 Å². The fourth-order valence-corrected chi connectivity index (χ4v) is 1.59. The number of hydrogen-bond donors (Lipinski definition) is 0. The number of hydrogen-bond acceptors (Lipinski definition) is 2. The molecule has 2 nitrogen and oxygen atoms in total. The van der Waals surface area contributed by atoms with Gasteiger partial charge in [0, 0.05) is 23.5 Å². The summed E-state index contributed by atoms with van der Waals surface area (Å²) >= 11 is 0. The summed E-state index contributed by atoms with van der Waals surface area (Å²) in [5.74, 6) is 0.880. The first-order chi connectivity index (χ1) is 7.31. The molecule has 0 N–H and O–H groups in total. The van der Waals surface area contributed by atoms with E-state index in [0.29, 0.717) is 0 Å². The number of nitrogens with zero attached hydrogens (tertiary/aromatic N) is 1. The number of aromatic nitrogens is 1. The second-order valence-corrected chi connectivity index (χ2v) is 3.45. The Balaban J connectivity index is 2.53. The largest absolute Gasteiger partial charge is 0.496 e. The van der Waals surface area contributed by atoms with Crippen LogP contribution in [0, 0.1) is 6.92 Å². The second-order valence-electron chi connectivity index (χ2n) is 3.45. The molecule has 0 spiro atoms. The van der Waals surface area contributed by atoms with Crippen LogP contribution >= 0.6 is 0 Å². The molecule has 0 saturated carbocycles. The van der Waals surface area contributed by atoms with Crippen molar-refractivity contribution >= 4 is 0 Å². The van der Waals surface area contributed by atoms with Crippen LogP contribution in [0.25, 0.3) is 11.1 Å². The lowest BCUT2D eigenvalue weighted by atomic mass is 10.1. The Labute approximate surface area is 89.6 Å². The van der Waals surface area contributed by atoms with Crippen LogP contribution in [0.15, 0.2) is 42.7 Å². The molecule has 15 heavy (non-hydrogen) atoms. The van der Waals surface area contributed by atoms with Crippen molar-refractivity contribution in [3.05, 3.63) is 48.3 Å². The van der Waals surface area contributed by atoms with Gasteiger partial charge in [0.05, 0.1) is 7.11 Å². The van der Waals surface area contributed by atoms with Gasteiger partial charge >= 0.3 is 0 Å². The van der Waals surface area contributed by atoms with E-state index in [4.69, 9.17) is 4.74 Å². The summed E-state index contributed by atoms with van der Waals surface area (Å²) in [7, 11) is 1.68. The molecule has 0 radical (unpaired) electrons. The number of methoxy groups -OCH3 is 1. The minimum Gasteiger partial charge on any atom is -0.496 e. The highest BCUT2D eigenvalue weighted by Crippen LogP contribution is 2.29. The monoisotopic (exact) mass is 199 g/mol. The molecular weight excluding hydrogens is 186 g/mol. The SMILES string of the molecule is COc1ccccc1-c1cncc(C)c1. The lowest BCUT2D eigenvalue weighted by Gasteiger charge is -2.07. The highest BCUT2D eigenvalue weighted by Gasteiger charge is 2.04. The lowest BCUT2D eigenvalue weighted by molar-refractivity contribution is 0.416. The first-order valence-electron chi connectivity index (χ1n) is 4.86. The summed E-state index contributed by atoms with van der Waals surface area (Å²) in [5, 5.41) is 0. The van der Waals surface area contributed by atoms with E-state index >= 15 is 0 Å². The average Bonchev–Trinajstić information content (AvgIpc) is 2.29. The van der Waals surface area contributed by atoms with Gasteiger partial charge in [0.1, 0.15) is 5.75 Å². The van der Waals surface area contributed by atoms with Crippen LogP contribution in [0.3, 0.4) is 0 Å².